The monoisotopic (exact) mass is 276 g/mol. The van der Waals surface area contributed by atoms with E-state index in [1.807, 2.05) is 6.92 Å². The summed E-state index contributed by atoms with van der Waals surface area (Å²) in [5, 5.41) is 2.78. The van der Waals surface area contributed by atoms with Gasteiger partial charge in [-0.25, -0.2) is 0 Å². The van der Waals surface area contributed by atoms with Crippen LogP contribution in [0.5, 0.6) is 5.75 Å². The molecule has 0 aliphatic heterocycles. The smallest absolute Gasteiger partial charge is 0.251 e. The summed E-state index contributed by atoms with van der Waals surface area (Å²) in [5.74, 6) is 1.24. The fraction of sp³-hybridized carbons (Fsp3) is 0.562. The molecule has 1 aromatic rings. The Balaban J connectivity index is 2.10. The molecule has 1 saturated carbocycles. The lowest BCUT2D eigenvalue weighted by molar-refractivity contribution is 0.0953. The van der Waals surface area contributed by atoms with Gasteiger partial charge in [0, 0.05) is 12.1 Å². The zero-order valence-electron chi connectivity index (χ0n) is 12.3. The van der Waals surface area contributed by atoms with Gasteiger partial charge in [0.1, 0.15) is 5.75 Å². The van der Waals surface area contributed by atoms with Crippen molar-refractivity contribution in [2.45, 2.75) is 45.6 Å². The summed E-state index contributed by atoms with van der Waals surface area (Å²) < 4.78 is 6.02. The minimum absolute atomic E-state index is 0.0886. The van der Waals surface area contributed by atoms with Gasteiger partial charge in [-0.15, -0.1) is 0 Å². The number of nitrogen functional groups attached to an aromatic ring is 1. The summed E-state index contributed by atoms with van der Waals surface area (Å²) in [4.78, 5) is 11.8. The summed E-state index contributed by atoms with van der Waals surface area (Å²) in [6, 6.07) is 5.22. The Morgan fingerprint density at radius 2 is 2.25 bits per heavy atom. The Morgan fingerprint density at radius 1 is 1.45 bits per heavy atom. The molecular weight excluding hydrogens is 252 g/mol. The highest BCUT2D eigenvalue weighted by atomic mass is 16.5. The molecule has 0 aromatic heterocycles. The predicted molar refractivity (Wildman–Crippen MR) is 80.9 cm³/mol. The molecule has 0 saturated heterocycles. The first kappa shape index (κ1) is 14.7. The van der Waals surface area contributed by atoms with Crippen molar-refractivity contribution in [1.82, 2.24) is 5.32 Å². The van der Waals surface area contributed by atoms with Crippen molar-refractivity contribution in [2.24, 2.45) is 5.92 Å². The number of amides is 1. The third-order valence-corrected chi connectivity index (χ3v) is 3.80. The highest BCUT2D eigenvalue weighted by Crippen LogP contribution is 2.30. The zero-order valence-corrected chi connectivity index (χ0v) is 12.3. The fourth-order valence-corrected chi connectivity index (χ4v) is 2.71. The number of nitrogens with two attached hydrogens (primary N) is 1. The zero-order chi connectivity index (χ0) is 14.5. The van der Waals surface area contributed by atoms with Gasteiger partial charge < -0.3 is 15.8 Å². The van der Waals surface area contributed by atoms with E-state index >= 15 is 0 Å². The summed E-state index contributed by atoms with van der Waals surface area (Å²) >= 11 is 0. The van der Waals surface area contributed by atoms with E-state index in [0.717, 1.165) is 12.8 Å². The van der Waals surface area contributed by atoms with E-state index in [-0.39, 0.29) is 12.0 Å². The lowest BCUT2D eigenvalue weighted by Crippen LogP contribution is -2.25. The molecule has 0 spiro atoms. The summed E-state index contributed by atoms with van der Waals surface area (Å²) in [7, 11) is 0. The van der Waals surface area contributed by atoms with Crippen LogP contribution in [0.2, 0.25) is 0 Å². The van der Waals surface area contributed by atoms with Crippen LogP contribution >= 0.6 is 0 Å². The second-order valence-electron chi connectivity index (χ2n) is 5.62. The molecule has 3 N–H and O–H groups in total. The van der Waals surface area contributed by atoms with Gasteiger partial charge in [0.2, 0.25) is 0 Å². The van der Waals surface area contributed by atoms with Crippen molar-refractivity contribution in [3.63, 3.8) is 0 Å². The second-order valence-corrected chi connectivity index (χ2v) is 5.62. The first-order valence-electron chi connectivity index (χ1n) is 7.44. The molecule has 20 heavy (non-hydrogen) atoms. The molecule has 1 aromatic carbocycles. The lowest BCUT2D eigenvalue weighted by Gasteiger charge is -2.28. The fourth-order valence-electron chi connectivity index (χ4n) is 2.71. The number of nitrogens with one attached hydrogen (secondary N) is 1. The Morgan fingerprint density at radius 3 is 2.95 bits per heavy atom. The molecule has 4 nitrogen and oxygen atoms in total. The Kier molecular flexibility index (Phi) is 4.88. The number of carbonyl (C=O) groups is 1. The molecule has 4 heteroatoms. The summed E-state index contributed by atoms with van der Waals surface area (Å²) in [6.45, 7) is 4.76. The van der Waals surface area contributed by atoms with Crippen LogP contribution in [0.25, 0.3) is 0 Å². The largest absolute Gasteiger partial charge is 0.488 e. The van der Waals surface area contributed by atoms with Gasteiger partial charge in [-0.05, 0) is 50.3 Å². The van der Waals surface area contributed by atoms with E-state index in [0.29, 0.717) is 29.5 Å². The molecule has 0 bridgehead atoms. The quantitative estimate of drug-likeness (QED) is 0.831. The van der Waals surface area contributed by atoms with Gasteiger partial charge in [-0.3, -0.25) is 4.79 Å². The van der Waals surface area contributed by atoms with Crippen LogP contribution in [-0.2, 0) is 0 Å². The molecule has 1 amide bonds. The van der Waals surface area contributed by atoms with Crippen molar-refractivity contribution in [3.05, 3.63) is 23.8 Å². The number of anilines is 1. The number of ether oxygens (including phenoxy) is 1. The predicted octanol–water partition coefficient (Wildman–Crippen LogP) is 2.98. The van der Waals surface area contributed by atoms with E-state index in [1.165, 1.54) is 12.8 Å². The third kappa shape index (κ3) is 3.65. The van der Waals surface area contributed by atoms with E-state index in [9.17, 15) is 4.79 Å². The van der Waals surface area contributed by atoms with Gasteiger partial charge in [0.05, 0.1) is 11.8 Å². The third-order valence-electron chi connectivity index (χ3n) is 3.80. The van der Waals surface area contributed by atoms with Crippen molar-refractivity contribution in [2.75, 3.05) is 12.3 Å². The molecule has 1 aliphatic rings. The molecule has 2 atom stereocenters. The van der Waals surface area contributed by atoms with Crippen LogP contribution < -0.4 is 15.8 Å². The normalized spacial score (nSPS) is 22.3. The van der Waals surface area contributed by atoms with Gasteiger partial charge in [0.25, 0.3) is 5.91 Å². The minimum Gasteiger partial charge on any atom is -0.488 e. The second kappa shape index (κ2) is 6.64. The molecular formula is C16H24N2O2. The van der Waals surface area contributed by atoms with Crippen LogP contribution in [0.4, 0.5) is 5.69 Å². The van der Waals surface area contributed by atoms with Crippen LogP contribution in [0, 0.1) is 5.92 Å². The molecule has 0 heterocycles. The van der Waals surface area contributed by atoms with Crippen molar-refractivity contribution in [1.29, 1.82) is 0 Å². The average molecular weight is 276 g/mol. The Labute approximate surface area is 120 Å². The highest BCUT2D eigenvalue weighted by molar-refractivity contribution is 5.95. The van der Waals surface area contributed by atoms with Crippen LogP contribution in [0.15, 0.2) is 18.2 Å². The molecule has 110 valence electrons. The van der Waals surface area contributed by atoms with Gasteiger partial charge in [0.15, 0.2) is 0 Å². The van der Waals surface area contributed by atoms with E-state index in [1.54, 1.807) is 18.2 Å². The topological polar surface area (TPSA) is 64.4 Å². The van der Waals surface area contributed by atoms with Crippen LogP contribution in [0.1, 0.15) is 49.9 Å². The SMILES string of the molecule is CCNC(=O)c1ccc(N)c(OC2CCCC(C)C2)c1. The van der Waals surface area contributed by atoms with E-state index in [4.69, 9.17) is 10.5 Å². The highest BCUT2D eigenvalue weighted by Gasteiger charge is 2.21. The van der Waals surface area contributed by atoms with E-state index < -0.39 is 0 Å². The molecule has 1 fully saturated rings. The standard InChI is InChI=1S/C16H24N2O2/c1-3-18-16(19)12-7-8-14(17)15(10-12)20-13-6-4-5-11(2)9-13/h7-8,10-11,13H,3-6,9,17H2,1-2H3,(H,18,19). The Hall–Kier alpha value is -1.71. The lowest BCUT2D eigenvalue weighted by atomic mass is 9.88. The number of benzene rings is 1. The number of hydrogen-bond acceptors (Lipinski definition) is 3. The van der Waals surface area contributed by atoms with Crippen molar-refractivity contribution >= 4 is 11.6 Å². The van der Waals surface area contributed by atoms with Gasteiger partial charge in [-0.2, -0.15) is 0 Å². The maximum atomic E-state index is 11.8. The number of hydrogen-bond donors (Lipinski definition) is 2. The maximum Gasteiger partial charge on any atom is 0.251 e. The average Bonchev–Trinajstić information content (AvgIpc) is 2.41. The molecule has 0 radical (unpaired) electrons. The first-order chi connectivity index (χ1) is 9.60. The van der Waals surface area contributed by atoms with Crippen LogP contribution in [-0.4, -0.2) is 18.6 Å². The van der Waals surface area contributed by atoms with Gasteiger partial charge >= 0.3 is 0 Å². The number of carbonyl (C=O) groups excluding carboxylic acids is 1. The van der Waals surface area contributed by atoms with Crippen molar-refractivity contribution < 1.29 is 9.53 Å². The first-order valence-corrected chi connectivity index (χ1v) is 7.44. The molecule has 2 unspecified atom stereocenters. The Bertz CT molecular complexity index is 474. The van der Waals surface area contributed by atoms with Gasteiger partial charge in [-0.1, -0.05) is 13.3 Å². The number of rotatable bonds is 4. The summed E-state index contributed by atoms with van der Waals surface area (Å²) in [5.41, 5.74) is 7.15. The van der Waals surface area contributed by atoms with Crippen molar-refractivity contribution in [3.8, 4) is 5.75 Å². The summed E-state index contributed by atoms with van der Waals surface area (Å²) in [6.07, 6.45) is 4.81. The molecule has 2 rings (SSSR count). The maximum absolute atomic E-state index is 11.8. The molecule has 1 aliphatic carbocycles. The van der Waals surface area contributed by atoms with Crippen LogP contribution in [0.3, 0.4) is 0 Å². The van der Waals surface area contributed by atoms with E-state index in [2.05, 4.69) is 12.2 Å². The minimum atomic E-state index is -0.0886.